The molecule has 0 saturated heterocycles. The van der Waals surface area contributed by atoms with Crippen LogP contribution >= 0.6 is 24.0 Å². The number of aliphatic hydroxyl groups excluding tert-OH is 1. The Balaban J connectivity index is 0.00000450. The van der Waals surface area contributed by atoms with Crippen molar-refractivity contribution < 1.29 is 14.6 Å². The maximum absolute atomic E-state index is 11.9. The average Bonchev–Trinajstić information content (AvgIpc) is 2.66. The van der Waals surface area contributed by atoms with Crippen LogP contribution in [0.2, 0.25) is 0 Å². The number of carbonyl (C=O) groups excluding carboxylic acids is 1. The van der Waals surface area contributed by atoms with Crippen molar-refractivity contribution in [2.24, 2.45) is 4.99 Å². The third-order valence-electron chi connectivity index (χ3n) is 4.83. The van der Waals surface area contributed by atoms with Gasteiger partial charge >= 0.3 is 6.09 Å². The number of nitrogens with one attached hydrogen (secondary N) is 3. The molecule has 0 atom stereocenters. The number of amides is 1. The first-order chi connectivity index (χ1) is 13.8. The van der Waals surface area contributed by atoms with Crippen LogP contribution in [0.3, 0.4) is 0 Å². The second kappa shape index (κ2) is 13.0. The summed E-state index contributed by atoms with van der Waals surface area (Å²) in [7, 11) is 0. The Morgan fingerprint density at radius 1 is 1.10 bits per heavy atom. The summed E-state index contributed by atoms with van der Waals surface area (Å²) in [6, 6.07) is 8.27. The summed E-state index contributed by atoms with van der Waals surface area (Å²) in [6.45, 7) is 8.96. The van der Waals surface area contributed by atoms with Crippen LogP contribution in [-0.4, -0.2) is 41.4 Å². The zero-order valence-electron chi connectivity index (χ0n) is 18.5. The highest BCUT2D eigenvalue weighted by Gasteiger charge is 2.25. The summed E-state index contributed by atoms with van der Waals surface area (Å²) in [5.41, 5.74) is 1.45. The molecule has 8 heteroatoms. The van der Waals surface area contributed by atoms with E-state index < -0.39 is 5.60 Å². The molecule has 0 heterocycles. The van der Waals surface area contributed by atoms with Crippen molar-refractivity contribution in [1.82, 2.24) is 16.0 Å². The molecule has 0 radical (unpaired) electrons. The number of halogens is 1. The minimum Gasteiger partial charge on any atom is -0.444 e. The van der Waals surface area contributed by atoms with E-state index in [9.17, 15) is 9.90 Å². The summed E-state index contributed by atoms with van der Waals surface area (Å²) < 4.78 is 5.34. The third-order valence-corrected chi connectivity index (χ3v) is 4.83. The summed E-state index contributed by atoms with van der Waals surface area (Å²) in [4.78, 5) is 16.6. The molecule has 0 spiro atoms. The van der Waals surface area contributed by atoms with Gasteiger partial charge in [0, 0.05) is 18.6 Å². The minimum atomic E-state index is -0.478. The average molecular weight is 532 g/mol. The zero-order valence-corrected chi connectivity index (χ0v) is 20.9. The van der Waals surface area contributed by atoms with Gasteiger partial charge in [-0.25, -0.2) is 9.79 Å². The highest BCUT2D eigenvalue weighted by Crippen LogP contribution is 2.19. The molecular formula is C22H37IN4O3. The van der Waals surface area contributed by atoms with Gasteiger partial charge in [0.15, 0.2) is 5.96 Å². The van der Waals surface area contributed by atoms with Gasteiger partial charge in [-0.15, -0.1) is 24.0 Å². The van der Waals surface area contributed by atoms with Crippen LogP contribution in [0.1, 0.15) is 64.5 Å². The molecule has 1 amide bonds. The van der Waals surface area contributed by atoms with Crippen LogP contribution < -0.4 is 16.0 Å². The Hall–Kier alpha value is -1.55. The van der Waals surface area contributed by atoms with E-state index >= 15 is 0 Å². The van der Waals surface area contributed by atoms with Crippen molar-refractivity contribution in [2.45, 2.75) is 84.2 Å². The van der Waals surface area contributed by atoms with Gasteiger partial charge in [-0.1, -0.05) is 24.3 Å². The van der Waals surface area contributed by atoms with Gasteiger partial charge in [0.2, 0.25) is 0 Å². The number of nitrogens with zero attached hydrogens (tertiary/aromatic N) is 1. The quantitative estimate of drug-likeness (QED) is 0.255. The normalized spacial score (nSPS) is 19.4. The van der Waals surface area contributed by atoms with Gasteiger partial charge in [-0.05, 0) is 64.5 Å². The van der Waals surface area contributed by atoms with Gasteiger partial charge in [-0.3, -0.25) is 0 Å². The molecule has 170 valence electrons. The van der Waals surface area contributed by atoms with Crippen LogP contribution in [0.5, 0.6) is 0 Å². The lowest BCUT2D eigenvalue weighted by molar-refractivity contribution is 0.0490. The van der Waals surface area contributed by atoms with E-state index in [2.05, 4.69) is 20.9 Å². The van der Waals surface area contributed by atoms with Gasteiger partial charge in [0.05, 0.1) is 13.2 Å². The highest BCUT2D eigenvalue weighted by molar-refractivity contribution is 14.0. The Bertz CT molecular complexity index is 683. The number of aliphatic imine (C=N–C) groups is 1. The standard InChI is InChI=1S/C22H36N4O3.HI/c1-5-23-20(24-14-16-8-6-7-9-17(16)15-27)25-18-10-12-19(13-11-18)26-21(28)29-22(2,3)4;/h6-9,18-19,27H,5,10-15H2,1-4H3,(H,26,28)(H2,23,24,25);1H. The van der Waals surface area contributed by atoms with Crippen LogP contribution in [0.15, 0.2) is 29.3 Å². The summed E-state index contributed by atoms with van der Waals surface area (Å²) in [6.07, 6.45) is 3.38. The van der Waals surface area contributed by atoms with Crippen LogP contribution in [-0.2, 0) is 17.9 Å². The molecular weight excluding hydrogens is 495 g/mol. The van der Waals surface area contributed by atoms with E-state index in [1.165, 1.54) is 0 Å². The van der Waals surface area contributed by atoms with E-state index in [-0.39, 0.29) is 42.7 Å². The lowest BCUT2D eigenvalue weighted by atomic mass is 9.91. The lowest BCUT2D eigenvalue weighted by Gasteiger charge is -2.31. The first kappa shape index (κ1) is 26.5. The molecule has 1 aromatic carbocycles. The number of hydrogen-bond donors (Lipinski definition) is 4. The lowest BCUT2D eigenvalue weighted by Crippen LogP contribution is -2.48. The first-order valence-corrected chi connectivity index (χ1v) is 10.5. The fourth-order valence-electron chi connectivity index (χ4n) is 3.40. The SMILES string of the molecule is CCNC(=NCc1ccccc1CO)NC1CCC(NC(=O)OC(C)(C)C)CC1.I. The monoisotopic (exact) mass is 532 g/mol. The number of benzene rings is 1. The van der Waals surface area contributed by atoms with Gasteiger partial charge < -0.3 is 25.8 Å². The molecule has 1 aromatic rings. The molecule has 1 saturated carbocycles. The Morgan fingerprint density at radius 2 is 1.67 bits per heavy atom. The van der Waals surface area contributed by atoms with Crippen molar-refractivity contribution in [3.8, 4) is 0 Å². The summed E-state index contributed by atoms with van der Waals surface area (Å²) >= 11 is 0. The number of ether oxygens (including phenoxy) is 1. The van der Waals surface area contributed by atoms with E-state index in [0.29, 0.717) is 12.6 Å². The number of aliphatic hydroxyl groups is 1. The molecule has 0 bridgehead atoms. The van der Waals surface area contributed by atoms with Gasteiger partial charge in [0.1, 0.15) is 5.60 Å². The molecule has 1 aliphatic rings. The van der Waals surface area contributed by atoms with Crippen molar-refractivity contribution in [1.29, 1.82) is 0 Å². The van der Waals surface area contributed by atoms with Gasteiger partial charge in [-0.2, -0.15) is 0 Å². The second-order valence-electron chi connectivity index (χ2n) is 8.46. The van der Waals surface area contributed by atoms with Crippen molar-refractivity contribution in [2.75, 3.05) is 6.54 Å². The largest absolute Gasteiger partial charge is 0.444 e. The Kier molecular flexibility index (Phi) is 11.5. The second-order valence-corrected chi connectivity index (χ2v) is 8.46. The summed E-state index contributed by atoms with van der Waals surface area (Å²) in [5.74, 6) is 0.781. The Labute approximate surface area is 197 Å². The third kappa shape index (κ3) is 9.51. The Morgan fingerprint density at radius 3 is 2.20 bits per heavy atom. The minimum absolute atomic E-state index is 0. The van der Waals surface area contributed by atoms with Crippen LogP contribution in [0.25, 0.3) is 0 Å². The summed E-state index contributed by atoms with van der Waals surface area (Å²) in [5, 5.41) is 19.3. The fraction of sp³-hybridized carbons (Fsp3) is 0.636. The number of alkyl carbamates (subject to hydrolysis) is 1. The number of carbonyl (C=O) groups is 1. The van der Waals surface area contributed by atoms with Crippen LogP contribution in [0.4, 0.5) is 4.79 Å². The first-order valence-electron chi connectivity index (χ1n) is 10.5. The molecule has 0 unspecified atom stereocenters. The van der Waals surface area contributed by atoms with E-state index in [4.69, 9.17) is 4.74 Å². The molecule has 1 fully saturated rings. The highest BCUT2D eigenvalue weighted by atomic mass is 127. The molecule has 30 heavy (non-hydrogen) atoms. The van der Waals surface area contributed by atoms with Gasteiger partial charge in [0.25, 0.3) is 0 Å². The fourth-order valence-corrected chi connectivity index (χ4v) is 3.40. The number of hydrogen-bond acceptors (Lipinski definition) is 4. The van der Waals surface area contributed by atoms with E-state index in [1.807, 2.05) is 52.0 Å². The van der Waals surface area contributed by atoms with E-state index in [1.54, 1.807) is 0 Å². The smallest absolute Gasteiger partial charge is 0.407 e. The van der Waals surface area contributed by atoms with Crippen molar-refractivity contribution >= 4 is 36.0 Å². The number of rotatable bonds is 6. The number of guanidine groups is 1. The molecule has 1 aliphatic carbocycles. The maximum atomic E-state index is 11.9. The molecule has 0 aliphatic heterocycles. The van der Waals surface area contributed by atoms with Crippen molar-refractivity contribution in [3.05, 3.63) is 35.4 Å². The molecule has 7 nitrogen and oxygen atoms in total. The van der Waals surface area contributed by atoms with Crippen LogP contribution in [0, 0.1) is 0 Å². The predicted octanol–water partition coefficient (Wildman–Crippen LogP) is 3.69. The molecule has 0 aromatic heterocycles. The predicted molar refractivity (Wildman–Crippen MR) is 131 cm³/mol. The van der Waals surface area contributed by atoms with E-state index in [0.717, 1.165) is 49.3 Å². The maximum Gasteiger partial charge on any atom is 0.407 e. The molecule has 4 N–H and O–H groups in total. The zero-order chi connectivity index (χ0) is 21.3. The van der Waals surface area contributed by atoms with Crippen molar-refractivity contribution in [3.63, 3.8) is 0 Å². The molecule has 2 rings (SSSR count). The topological polar surface area (TPSA) is 95.0 Å².